The van der Waals surface area contributed by atoms with Gasteiger partial charge in [0.05, 0.1) is 4.92 Å². The van der Waals surface area contributed by atoms with Crippen molar-refractivity contribution in [3.05, 3.63) is 58.1 Å². The Hall–Kier alpha value is -3.33. The van der Waals surface area contributed by atoms with Gasteiger partial charge in [-0.25, -0.2) is 0 Å². The molecule has 9 heteroatoms. The smallest absolute Gasteiger partial charge is 0.270 e. The van der Waals surface area contributed by atoms with Gasteiger partial charge in [-0.3, -0.25) is 14.9 Å². The topological polar surface area (TPSA) is 120 Å². The molecule has 0 aliphatic carbocycles. The maximum Gasteiger partial charge on any atom is 0.270 e. The average Bonchev–Trinajstić information content (AvgIpc) is 3.12. The normalized spacial score (nSPS) is 13.1. The minimum absolute atomic E-state index is 0.0468. The Labute approximate surface area is 148 Å². The van der Waals surface area contributed by atoms with E-state index in [1.807, 2.05) is 0 Å². The summed E-state index contributed by atoms with van der Waals surface area (Å²) in [7, 11) is 0. The van der Waals surface area contributed by atoms with Crippen LogP contribution in [0.1, 0.15) is 10.4 Å². The zero-order chi connectivity index (χ0) is 18.5. The van der Waals surface area contributed by atoms with E-state index in [2.05, 4.69) is 5.32 Å². The number of nitro groups is 1. The summed E-state index contributed by atoms with van der Waals surface area (Å²) in [5, 5.41) is 23.2. The number of benzene rings is 2. The monoisotopic (exact) mass is 360 g/mol. The maximum atomic E-state index is 12.0. The fourth-order valence-corrected chi connectivity index (χ4v) is 2.29. The molecular weight excluding hydrogens is 344 g/mol. The van der Waals surface area contributed by atoms with E-state index in [0.29, 0.717) is 17.2 Å². The lowest BCUT2D eigenvalue weighted by atomic mass is 10.2. The van der Waals surface area contributed by atoms with Gasteiger partial charge in [-0.1, -0.05) is 6.07 Å². The van der Waals surface area contributed by atoms with E-state index in [9.17, 15) is 20.0 Å². The lowest BCUT2D eigenvalue weighted by Crippen LogP contribution is -2.35. The molecule has 26 heavy (non-hydrogen) atoms. The number of carbonyl (C=O) groups is 1. The first-order valence-corrected chi connectivity index (χ1v) is 7.76. The highest BCUT2D eigenvalue weighted by Crippen LogP contribution is 2.35. The van der Waals surface area contributed by atoms with E-state index in [0.717, 1.165) is 0 Å². The predicted octanol–water partition coefficient (Wildman–Crippen LogP) is 1.49. The molecule has 9 nitrogen and oxygen atoms in total. The Kier molecular flexibility index (Phi) is 5.18. The van der Waals surface area contributed by atoms with Gasteiger partial charge in [0.2, 0.25) is 6.79 Å². The molecule has 1 aliphatic heterocycles. The molecular formula is C17H16N2O7. The zero-order valence-electron chi connectivity index (χ0n) is 13.6. The summed E-state index contributed by atoms with van der Waals surface area (Å²) in [6.07, 6.45) is -0.955. The number of hydrogen-bond acceptors (Lipinski definition) is 7. The van der Waals surface area contributed by atoms with Crippen LogP contribution in [0.4, 0.5) is 5.69 Å². The highest BCUT2D eigenvalue weighted by atomic mass is 16.7. The van der Waals surface area contributed by atoms with Crippen molar-refractivity contribution < 1.29 is 29.0 Å². The highest BCUT2D eigenvalue weighted by molar-refractivity contribution is 5.94. The summed E-state index contributed by atoms with van der Waals surface area (Å²) in [6, 6.07) is 10.4. The van der Waals surface area contributed by atoms with Crippen molar-refractivity contribution in [1.29, 1.82) is 0 Å². The van der Waals surface area contributed by atoms with E-state index in [1.54, 1.807) is 18.2 Å². The van der Waals surface area contributed by atoms with Crippen LogP contribution in [0.15, 0.2) is 42.5 Å². The zero-order valence-corrected chi connectivity index (χ0v) is 13.6. The van der Waals surface area contributed by atoms with Crippen LogP contribution in [-0.2, 0) is 0 Å². The molecule has 2 aromatic carbocycles. The van der Waals surface area contributed by atoms with Crippen molar-refractivity contribution in [3.8, 4) is 17.2 Å². The number of hydrogen-bond donors (Lipinski definition) is 2. The van der Waals surface area contributed by atoms with Crippen molar-refractivity contribution in [2.45, 2.75) is 6.10 Å². The largest absolute Gasteiger partial charge is 0.491 e. The van der Waals surface area contributed by atoms with E-state index in [1.165, 1.54) is 24.3 Å². The van der Waals surface area contributed by atoms with Gasteiger partial charge < -0.3 is 24.6 Å². The molecule has 1 aliphatic rings. The van der Waals surface area contributed by atoms with Gasteiger partial charge in [0, 0.05) is 30.3 Å². The second-order valence-corrected chi connectivity index (χ2v) is 5.50. The predicted molar refractivity (Wildman–Crippen MR) is 89.5 cm³/mol. The first kappa shape index (κ1) is 17.5. The van der Waals surface area contributed by atoms with Crippen LogP contribution in [0.25, 0.3) is 0 Å². The lowest BCUT2D eigenvalue weighted by molar-refractivity contribution is -0.384. The Bertz CT molecular complexity index is 825. The van der Waals surface area contributed by atoms with Crippen molar-refractivity contribution >= 4 is 11.6 Å². The molecule has 136 valence electrons. The second kappa shape index (κ2) is 7.70. The molecule has 1 amide bonds. The van der Waals surface area contributed by atoms with Crippen molar-refractivity contribution in [3.63, 3.8) is 0 Å². The number of nitrogens with zero attached hydrogens (tertiary/aromatic N) is 1. The fraction of sp³-hybridized carbons (Fsp3) is 0.235. The number of fused-ring (bicyclic) bond motifs is 1. The Morgan fingerprint density at radius 3 is 2.88 bits per heavy atom. The molecule has 0 saturated carbocycles. The number of rotatable bonds is 7. The summed E-state index contributed by atoms with van der Waals surface area (Å²) < 4.78 is 15.9. The Morgan fingerprint density at radius 1 is 1.27 bits per heavy atom. The summed E-state index contributed by atoms with van der Waals surface area (Å²) in [6.45, 7) is 0.0476. The minimum atomic E-state index is -0.955. The number of aliphatic hydroxyl groups excluding tert-OH is 1. The molecule has 2 aromatic rings. The molecule has 0 fully saturated rings. The van der Waals surface area contributed by atoms with E-state index >= 15 is 0 Å². The van der Waals surface area contributed by atoms with E-state index in [4.69, 9.17) is 14.2 Å². The van der Waals surface area contributed by atoms with Crippen LogP contribution in [-0.4, -0.2) is 42.0 Å². The van der Waals surface area contributed by atoms with E-state index in [-0.39, 0.29) is 31.2 Å². The van der Waals surface area contributed by atoms with Crippen LogP contribution in [0.2, 0.25) is 0 Å². The molecule has 3 rings (SSSR count). The van der Waals surface area contributed by atoms with Gasteiger partial charge in [0.1, 0.15) is 18.5 Å². The summed E-state index contributed by atoms with van der Waals surface area (Å²) >= 11 is 0. The third-order valence-electron chi connectivity index (χ3n) is 3.60. The molecule has 0 radical (unpaired) electrons. The number of non-ortho nitro benzene ring substituents is 1. The Morgan fingerprint density at radius 2 is 2.08 bits per heavy atom. The molecule has 0 unspecified atom stereocenters. The van der Waals surface area contributed by atoms with Crippen LogP contribution in [0, 0.1) is 10.1 Å². The van der Waals surface area contributed by atoms with Crippen molar-refractivity contribution in [2.75, 3.05) is 19.9 Å². The standard InChI is InChI=1S/C17H16N2O7/c20-13(9-24-14-4-5-15-16(7-14)26-10-25-15)8-18-17(21)11-2-1-3-12(6-11)19(22)23/h1-7,13,20H,8-10H2,(H,18,21)/t13-/m0/s1. The van der Waals surface area contributed by atoms with Crippen LogP contribution in [0.5, 0.6) is 17.2 Å². The number of nitro benzene ring substituents is 1. The molecule has 1 heterocycles. The molecule has 0 saturated heterocycles. The minimum Gasteiger partial charge on any atom is -0.491 e. The molecule has 0 spiro atoms. The fourth-order valence-electron chi connectivity index (χ4n) is 2.29. The summed E-state index contributed by atoms with van der Waals surface area (Å²) in [5.74, 6) is 1.17. The third kappa shape index (κ3) is 4.19. The van der Waals surface area contributed by atoms with Gasteiger partial charge in [-0.2, -0.15) is 0 Å². The number of amides is 1. The third-order valence-corrected chi connectivity index (χ3v) is 3.60. The van der Waals surface area contributed by atoms with Gasteiger partial charge in [0.25, 0.3) is 11.6 Å². The SMILES string of the molecule is O=C(NC[C@H](O)COc1ccc2c(c1)OCO2)c1cccc([N+](=O)[O-])c1. The molecule has 1 atom stereocenters. The molecule has 2 N–H and O–H groups in total. The molecule has 0 aromatic heterocycles. The van der Waals surface area contributed by atoms with Gasteiger partial charge >= 0.3 is 0 Å². The Balaban J connectivity index is 1.48. The first-order chi connectivity index (χ1) is 12.5. The highest BCUT2D eigenvalue weighted by Gasteiger charge is 2.15. The average molecular weight is 360 g/mol. The number of ether oxygens (including phenoxy) is 3. The van der Waals surface area contributed by atoms with Crippen LogP contribution < -0.4 is 19.5 Å². The maximum absolute atomic E-state index is 12.0. The van der Waals surface area contributed by atoms with Gasteiger partial charge in [0.15, 0.2) is 11.5 Å². The number of aliphatic hydroxyl groups is 1. The first-order valence-electron chi connectivity index (χ1n) is 7.76. The quantitative estimate of drug-likeness (QED) is 0.567. The van der Waals surface area contributed by atoms with Crippen LogP contribution in [0.3, 0.4) is 0 Å². The van der Waals surface area contributed by atoms with Gasteiger partial charge in [-0.05, 0) is 18.2 Å². The summed E-state index contributed by atoms with van der Waals surface area (Å²) in [5.41, 5.74) is -0.0348. The lowest BCUT2D eigenvalue weighted by Gasteiger charge is -2.13. The van der Waals surface area contributed by atoms with Gasteiger partial charge in [-0.15, -0.1) is 0 Å². The van der Waals surface area contributed by atoms with E-state index < -0.39 is 16.9 Å². The second-order valence-electron chi connectivity index (χ2n) is 5.50. The van der Waals surface area contributed by atoms with Crippen molar-refractivity contribution in [1.82, 2.24) is 5.32 Å². The van der Waals surface area contributed by atoms with Crippen molar-refractivity contribution in [2.24, 2.45) is 0 Å². The molecule has 0 bridgehead atoms. The van der Waals surface area contributed by atoms with Crippen LogP contribution >= 0.6 is 0 Å². The number of nitrogens with one attached hydrogen (secondary N) is 1. The summed E-state index contributed by atoms with van der Waals surface area (Å²) in [4.78, 5) is 22.2. The number of carbonyl (C=O) groups excluding carboxylic acids is 1.